The summed E-state index contributed by atoms with van der Waals surface area (Å²) in [6, 6.07) is 13.5. The molecule has 0 spiro atoms. The summed E-state index contributed by atoms with van der Waals surface area (Å²) in [5, 5.41) is 4.64. The molecule has 9 heteroatoms. The zero-order valence-corrected chi connectivity index (χ0v) is 19.0. The maximum Gasteiger partial charge on any atom is 0.318 e. The number of urea groups is 1. The van der Waals surface area contributed by atoms with Crippen LogP contribution in [0.1, 0.15) is 12.5 Å². The van der Waals surface area contributed by atoms with Gasteiger partial charge in [0.1, 0.15) is 17.8 Å². The number of H-pyrrole nitrogens is 1. The highest BCUT2D eigenvalue weighted by Gasteiger charge is 2.29. The van der Waals surface area contributed by atoms with Crippen molar-refractivity contribution in [2.24, 2.45) is 0 Å². The maximum absolute atomic E-state index is 12.8. The fourth-order valence-electron chi connectivity index (χ4n) is 4.24. The number of aromatic nitrogens is 4. The Morgan fingerprint density at radius 2 is 2.03 bits per heavy atom. The van der Waals surface area contributed by atoms with E-state index in [1.165, 1.54) is 0 Å². The smallest absolute Gasteiger partial charge is 0.318 e. The largest absolute Gasteiger partial charge is 0.352 e. The van der Waals surface area contributed by atoms with Gasteiger partial charge in [0, 0.05) is 60.9 Å². The molecule has 1 atom stereocenters. The normalized spacial score (nSPS) is 16.2. The van der Waals surface area contributed by atoms with E-state index in [1.807, 2.05) is 41.3 Å². The van der Waals surface area contributed by atoms with E-state index in [4.69, 9.17) is 11.6 Å². The number of hydrogen-bond acceptors (Lipinski definition) is 5. The topological polar surface area (TPSA) is 90.0 Å². The number of anilines is 1. The van der Waals surface area contributed by atoms with Crippen LogP contribution in [0.25, 0.3) is 22.3 Å². The van der Waals surface area contributed by atoms with Gasteiger partial charge in [-0.15, -0.1) is 0 Å². The Labute approximate surface area is 196 Å². The Kier molecular flexibility index (Phi) is 5.83. The van der Waals surface area contributed by atoms with Gasteiger partial charge in [-0.3, -0.25) is 4.98 Å². The van der Waals surface area contributed by atoms with Crippen LogP contribution in [0.3, 0.4) is 0 Å². The summed E-state index contributed by atoms with van der Waals surface area (Å²) >= 11 is 6.04. The SMILES string of the molecule is C[C@@H]1CN(c2ncnc3[nH]c(-c4ccncc4)cc23)CCN1C(=O)NCc1cccc(Cl)c1. The Morgan fingerprint density at radius 1 is 1.18 bits per heavy atom. The fourth-order valence-corrected chi connectivity index (χ4v) is 4.46. The van der Waals surface area contributed by atoms with Crippen molar-refractivity contribution in [3.8, 4) is 11.3 Å². The van der Waals surface area contributed by atoms with E-state index in [9.17, 15) is 4.79 Å². The lowest BCUT2D eigenvalue weighted by Crippen LogP contribution is -2.56. The van der Waals surface area contributed by atoms with E-state index in [2.05, 4.69) is 43.1 Å². The molecule has 0 aliphatic carbocycles. The predicted octanol–water partition coefficient (Wildman–Crippen LogP) is 4.09. The van der Waals surface area contributed by atoms with Gasteiger partial charge in [-0.05, 0) is 42.8 Å². The molecule has 8 nitrogen and oxygen atoms in total. The third-order valence-electron chi connectivity index (χ3n) is 5.92. The van der Waals surface area contributed by atoms with Crippen LogP contribution in [0.15, 0.2) is 61.2 Å². The Morgan fingerprint density at radius 3 is 2.82 bits per heavy atom. The van der Waals surface area contributed by atoms with Crippen LogP contribution in [-0.4, -0.2) is 56.5 Å². The molecule has 3 aromatic heterocycles. The molecule has 0 saturated carbocycles. The Bertz CT molecular complexity index is 1280. The van der Waals surface area contributed by atoms with Crippen molar-refractivity contribution in [2.75, 3.05) is 24.5 Å². The summed E-state index contributed by atoms with van der Waals surface area (Å²) in [6.07, 6.45) is 5.12. The molecule has 4 aromatic rings. The molecule has 2 amide bonds. The molecule has 1 aliphatic rings. The second-order valence-corrected chi connectivity index (χ2v) is 8.59. The number of amides is 2. The van der Waals surface area contributed by atoms with Crippen molar-refractivity contribution < 1.29 is 4.79 Å². The van der Waals surface area contributed by atoms with Gasteiger partial charge in [0.15, 0.2) is 0 Å². The summed E-state index contributed by atoms with van der Waals surface area (Å²) in [6.45, 7) is 4.49. The second-order valence-electron chi connectivity index (χ2n) is 8.16. The Balaban J connectivity index is 1.29. The Hall–Kier alpha value is -3.65. The molecule has 4 heterocycles. The minimum absolute atomic E-state index is 0.0294. The van der Waals surface area contributed by atoms with Crippen molar-refractivity contribution in [1.29, 1.82) is 0 Å². The molecule has 0 bridgehead atoms. The number of rotatable bonds is 4. The standard InChI is InChI=1S/C24H24ClN7O/c1-16-14-31(9-10-32(16)24(33)27-13-17-3-2-4-19(25)11-17)23-20-12-21(18-5-7-26-8-6-18)30-22(20)28-15-29-23/h2-8,11-12,15-16H,9-10,13-14H2,1H3,(H,27,33)(H,28,29,30)/t16-/m1/s1. The molecule has 1 fully saturated rings. The van der Waals surface area contributed by atoms with Gasteiger partial charge in [0.05, 0.1) is 5.39 Å². The molecule has 0 radical (unpaired) electrons. The summed E-state index contributed by atoms with van der Waals surface area (Å²) in [4.78, 5) is 33.4. The highest BCUT2D eigenvalue weighted by Crippen LogP contribution is 2.29. The first kappa shape index (κ1) is 21.2. The van der Waals surface area contributed by atoms with Gasteiger partial charge in [-0.2, -0.15) is 0 Å². The zero-order valence-electron chi connectivity index (χ0n) is 18.2. The van der Waals surface area contributed by atoms with Crippen LogP contribution in [0.4, 0.5) is 10.6 Å². The number of carbonyl (C=O) groups is 1. The van der Waals surface area contributed by atoms with Crippen LogP contribution >= 0.6 is 11.6 Å². The molecule has 168 valence electrons. The minimum atomic E-state index is -0.0726. The average molecular weight is 462 g/mol. The van der Waals surface area contributed by atoms with E-state index >= 15 is 0 Å². The van der Waals surface area contributed by atoms with E-state index in [0.29, 0.717) is 31.2 Å². The van der Waals surface area contributed by atoms with Gasteiger partial charge in [-0.25, -0.2) is 14.8 Å². The van der Waals surface area contributed by atoms with E-state index in [-0.39, 0.29) is 12.1 Å². The van der Waals surface area contributed by atoms with Crippen molar-refractivity contribution in [1.82, 2.24) is 30.2 Å². The molecule has 1 saturated heterocycles. The average Bonchev–Trinajstić information content (AvgIpc) is 3.28. The van der Waals surface area contributed by atoms with Crippen LogP contribution < -0.4 is 10.2 Å². The number of hydrogen-bond donors (Lipinski definition) is 2. The molecular weight excluding hydrogens is 438 g/mol. The predicted molar refractivity (Wildman–Crippen MR) is 129 cm³/mol. The summed E-state index contributed by atoms with van der Waals surface area (Å²) < 4.78 is 0. The molecule has 1 aliphatic heterocycles. The van der Waals surface area contributed by atoms with Crippen molar-refractivity contribution in [2.45, 2.75) is 19.5 Å². The van der Waals surface area contributed by atoms with E-state index in [0.717, 1.165) is 33.7 Å². The first-order valence-electron chi connectivity index (χ1n) is 10.9. The lowest BCUT2D eigenvalue weighted by atomic mass is 10.1. The summed E-state index contributed by atoms with van der Waals surface area (Å²) in [5.41, 5.74) is 3.79. The monoisotopic (exact) mass is 461 g/mol. The van der Waals surface area contributed by atoms with E-state index in [1.54, 1.807) is 18.7 Å². The molecular formula is C24H24ClN7O. The van der Waals surface area contributed by atoms with Gasteiger partial charge >= 0.3 is 6.03 Å². The first-order chi connectivity index (χ1) is 16.1. The van der Waals surface area contributed by atoms with Crippen LogP contribution in [0.2, 0.25) is 5.02 Å². The highest BCUT2D eigenvalue weighted by atomic mass is 35.5. The van der Waals surface area contributed by atoms with E-state index < -0.39 is 0 Å². The highest BCUT2D eigenvalue weighted by molar-refractivity contribution is 6.30. The quantitative estimate of drug-likeness (QED) is 0.477. The second kappa shape index (κ2) is 9.07. The number of piperazine rings is 1. The molecule has 0 unspecified atom stereocenters. The maximum atomic E-state index is 12.8. The lowest BCUT2D eigenvalue weighted by molar-refractivity contribution is 0.171. The van der Waals surface area contributed by atoms with Crippen molar-refractivity contribution in [3.63, 3.8) is 0 Å². The number of carbonyl (C=O) groups excluding carboxylic acids is 1. The summed E-state index contributed by atoms with van der Waals surface area (Å²) in [7, 11) is 0. The number of benzene rings is 1. The van der Waals surface area contributed by atoms with Crippen molar-refractivity contribution in [3.05, 3.63) is 71.8 Å². The van der Waals surface area contributed by atoms with Gasteiger partial charge in [-0.1, -0.05) is 23.7 Å². The number of nitrogens with zero attached hydrogens (tertiary/aromatic N) is 5. The molecule has 33 heavy (non-hydrogen) atoms. The third-order valence-corrected chi connectivity index (χ3v) is 6.15. The molecule has 2 N–H and O–H groups in total. The number of aromatic amines is 1. The number of pyridine rings is 1. The minimum Gasteiger partial charge on any atom is -0.352 e. The van der Waals surface area contributed by atoms with Crippen molar-refractivity contribution >= 4 is 34.5 Å². The van der Waals surface area contributed by atoms with Crippen LogP contribution in [-0.2, 0) is 6.54 Å². The number of halogens is 1. The van der Waals surface area contributed by atoms with Gasteiger partial charge < -0.3 is 20.1 Å². The fraction of sp³-hybridized carbons (Fsp3) is 0.250. The van der Waals surface area contributed by atoms with Gasteiger partial charge in [0.25, 0.3) is 0 Å². The zero-order chi connectivity index (χ0) is 22.8. The number of nitrogens with one attached hydrogen (secondary N) is 2. The molecule has 5 rings (SSSR count). The van der Waals surface area contributed by atoms with Crippen LogP contribution in [0.5, 0.6) is 0 Å². The molecule has 1 aromatic carbocycles. The lowest BCUT2D eigenvalue weighted by Gasteiger charge is -2.40. The summed E-state index contributed by atoms with van der Waals surface area (Å²) in [5.74, 6) is 0.877. The van der Waals surface area contributed by atoms with Crippen LogP contribution in [0, 0.1) is 0 Å². The number of fused-ring (bicyclic) bond motifs is 1. The first-order valence-corrected chi connectivity index (χ1v) is 11.2. The third kappa shape index (κ3) is 4.47. The van der Waals surface area contributed by atoms with Gasteiger partial charge in [0.2, 0.25) is 0 Å².